The number of hydrogen-bond donors (Lipinski definition) is 2. The number of rotatable bonds is 5. The molecule has 1 aromatic rings. The molecular formula is C15H19ClN4O3. The van der Waals surface area contributed by atoms with Crippen molar-refractivity contribution >= 4 is 29.0 Å². The van der Waals surface area contributed by atoms with Gasteiger partial charge in [0.25, 0.3) is 5.69 Å². The van der Waals surface area contributed by atoms with E-state index in [-0.39, 0.29) is 28.6 Å². The van der Waals surface area contributed by atoms with Crippen LogP contribution in [0.1, 0.15) is 38.5 Å². The van der Waals surface area contributed by atoms with E-state index >= 15 is 0 Å². The Morgan fingerprint density at radius 1 is 1.30 bits per heavy atom. The van der Waals surface area contributed by atoms with Gasteiger partial charge < -0.3 is 10.6 Å². The van der Waals surface area contributed by atoms with Crippen molar-refractivity contribution in [1.29, 1.82) is 0 Å². The van der Waals surface area contributed by atoms with Gasteiger partial charge in [-0.2, -0.15) is 0 Å². The first-order valence-corrected chi connectivity index (χ1v) is 8.27. The molecule has 1 aromatic heterocycles. The molecule has 2 aliphatic rings. The predicted octanol–water partition coefficient (Wildman–Crippen LogP) is 2.89. The van der Waals surface area contributed by atoms with Crippen LogP contribution in [0.5, 0.6) is 0 Å². The van der Waals surface area contributed by atoms with Gasteiger partial charge in [-0.25, -0.2) is 4.98 Å². The summed E-state index contributed by atoms with van der Waals surface area (Å²) in [6, 6.07) is 1.77. The lowest BCUT2D eigenvalue weighted by atomic mass is 9.85. The molecule has 0 unspecified atom stereocenters. The molecular weight excluding hydrogens is 320 g/mol. The highest BCUT2D eigenvalue weighted by Crippen LogP contribution is 2.30. The van der Waals surface area contributed by atoms with Crippen molar-refractivity contribution in [2.24, 2.45) is 5.92 Å². The lowest BCUT2D eigenvalue weighted by Crippen LogP contribution is -2.38. The van der Waals surface area contributed by atoms with Crippen LogP contribution in [0.3, 0.4) is 0 Å². The summed E-state index contributed by atoms with van der Waals surface area (Å²) in [5.41, 5.74) is -0.133. The first kappa shape index (κ1) is 16.0. The van der Waals surface area contributed by atoms with Gasteiger partial charge in [-0.3, -0.25) is 14.9 Å². The Hall–Kier alpha value is -1.89. The van der Waals surface area contributed by atoms with Crippen molar-refractivity contribution in [3.63, 3.8) is 0 Å². The van der Waals surface area contributed by atoms with Gasteiger partial charge in [0, 0.05) is 24.1 Å². The van der Waals surface area contributed by atoms with E-state index in [1.165, 1.54) is 12.3 Å². The lowest BCUT2D eigenvalue weighted by Gasteiger charge is -2.29. The van der Waals surface area contributed by atoms with Crippen LogP contribution in [0.4, 0.5) is 11.5 Å². The van der Waals surface area contributed by atoms with Gasteiger partial charge in [0.05, 0.1) is 9.95 Å². The molecule has 2 aliphatic carbocycles. The van der Waals surface area contributed by atoms with E-state index in [9.17, 15) is 14.9 Å². The zero-order valence-electron chi connectivity index (χ0n) is 12.6. The average Bonchev–Trinajstić information content (AvgIpc) is 3.33. The van der Waals surface area contributed by atoms with E-state index < -0.39 is 4.92 Å². The molecule has 2 N–H and O–H groups in total. The third-order valence-electron chi connectivity index (χ3n) is 4.35. The topological polar surface area (TPSA) is 97.2 Å². The van der Waals surface area contributed by atoms with Crippen LogP contribution < -0.4 is 10.6 Å². The molecule has 7 nitrogen and oxygen atoms in total. The minimum Gasteiger partial charge on any atom is -0.366 e. The van der Waals surface area contributed by atoms with Crippen LogP contribution in [0.25, 0.3) is 0 Å². The number of carbonyl (C=O) groups excluding carboxylic acids is 1. The van der Waals surface area contributed by atoms with E-state index in [4.69, 9.17) is 11.6 Å². The van der Waals surface area contributed by atoms with Crippen molar-refractivity contribution in [3.8, 4) is 0 Å². The maximum absolute atomic E-state index is 12.2. The van der Waals surface area contributed by atoms with Crippen LogP contribution in [0.2, 0.25) is 5.02 Å². The SMILES string of the molecule is O=C(NC1CC1)[C@@H]1CCC[C@H](Nc2ncc([N+](=O)[O-])cc2Cl)C1. The van der Waals surface area contributed by atoms with E-state index in [1.807, 2.05) is 0 Å². The van der Waals surface area contributed by atoms with E-state index in [0.717, 1.165) is 38.5 Å². The highest BCUT2D eigenvalue weighted by atomic mass is 35.5. The highest BCUT2D eigenvalue weighted by molar-refractivity contribution is 6.33. The number of pyridine rings is 1. The molecule has 2 atom stereocenters. The van der Waals surface area contributed by atoms with Crippen LogP contribution in [-0.2, 0) is 4.79 Å². The van der Waals surface area contributed by atoms with Gasteiger partial charge in [-0.1, -0.05) is 18.0 Å². The molecule has 124 valence electrons. The molecule has 0 bridgehead atoms. The number of aromatic nitrogens is 1. The first-order chi connectivity index (χ1) is 11.0. The Morgan fingerprint density at radius 3 is 2.74 bits per heavy atom. The first-order valence-electron chi connectivity index (χ1n) is 7.90. The smallest absolute Gasteiger partial charge is 0.289 e. The van der Waals surface area contributed by atoms with Gasteiger partial charge in [-0.15, -0.1) is 0 Å². The Bertz CT molecular complexity index is 621. The van der Waals surface area contributed by atoms with Gasteiger partial charge in [0.2, 0.25) is 5.91 Å². The standard InChI is InChI=1S/C15H19ClN4O3/c16-13-7-12(20(22)23)8-17-14(13)18-11-3-1-2-9(6-11)15(21)19-10-4-5-10/h7-11H,1-6H2,(H,17,18)(H,19,21)/t9-,11+/m1/s1. The number of carbonyl (C=O) groups is 1. The monoisotopic (exact) mass is 338 g/mol. The fourth-order valence-electron chi connectivity index (χ4n) is 2.93. The molecule has 8 heteroatoms. The number of nitrogens with zero attached hydrogens (tertiary/aromatic N) is 2. The van der Waals surface area contributed by atoms with Crippen molar-refractivity contribution in [1.82, 2.24) is 10.3 Å². The number of halogens is 1. The molecule has 0 saturated heterocycles. The Morgan fingerprint density at radius 2 is 2.09 bits per heavy atom. The highest BCUT2D eigenvalue weighted by Gasteiger charge is 2.31. The van der Waals surface area contributed by atoms with Gasteiger partial charge in [0.15, 0.2) is 0 Å². The van der Waals surface area contributed by atoms with Crippen LogP contribution >= 0.6 is 11.6 Å². The maximum atomic E-state index is 12.2. The van der Waals surface area contributed by atoms with Gasteiger partial charge in [0.1, 0.15) is 12.0 Å². The summed E-state index contributed by atoms with van der Waals surface area (Å²) in [6.45, 7) is 0. The second-order valence-corrected chi connectivity index (χ2v) is 6.68. The molecule has 1 heterocycles. The second kappa shape index (κ2) is 6.70. The molecule has 0 radical (unpaired) electrons. The van der Waals surface area contributed by atoms with E-state index in [0.29, 0.717) is 11.9 Å². The van der Waals surface area contributed by atoms with Crippen LogP contribution in [-0.4, -0.2) is 27.9 Å². The number of nitrogens with one attached hydrogen (secondary N) is 2. The zero-order valence-corrected chi connectivity index (χ0v) is 13.4. The Labute approximate surface area is 139 Å². The summed E-state index contributed by atoms with van der Waals surface area (Å²) in [4.78, 5) is 26.4. The number of amides is 1. The second-order valence-electron chi connectivity index (χ2n) is 6.27. The Kier molecular flexibility index (Phi) is 4.66. The molecule has 23 heavy (non-hydrogen) atoms. The third-order valence-corrected chi connectivity index (χ3v) is 4.64. The molecule has 2 fully saturated rings. The molecule has 0 spiro atoms. The van der Waals surface area contributed by atoms with Crippen molar-refractivity contribution in [3.05, 3.63) is 27.4 Å². The quantitative estimate of drug-likeness (QED) is 0.635. The van der Waals surface area contributed by atoms with Crippen LogP contribution in [0, 0.1) is 16.0 Å². The minimum absolute atomic E-state index is 0.0127. The zero-order chi connectivity index (χ0) is 16.4. The number of hydrogen-bond acceptors (Lipinski definition) is 5. The fraction of sp³-hybridized carbons (Fsp3) is 0.600. The maximum Gasteiger partial charge on any atom is 0.289 e. The molecule has 3 rings (SSSR count). The van der Waals surface area contributed by atoms with Gasteiger partial charge >= 0.3 is 0 Å². The van der Waals surface area contributed by atoms with Crippen LogP contribution in [0.15, 0.2) is 12.3 Å². The van der Waals surface area contributed by atoms with E-state index in [2.05, 4.69) is 15.6 Å². The molecule has 1 amide bonds. The summed E-state index contributed by atoms with van der Waals surface area (Å²) in [5, 5.41) is 17.2. The summed E-state index contributed by atoms with van der Waals surface area (Å²) < 4.78 is 0. The van der Waals surface area contributed by atoms with Crippen molar-refractivity contribution in [2.75, 3.05) is 5.32 Å². The fourth-order valence-corrected chi connectivity index (χ4v) is 3.15. The summed E-state index contributed by atoms with van der Waals surface area (Å²) >= 11 is 6.06. The number of nitro groups is 1. The largest absolute Gasteiger partial charge is 0.366 e. The van der Waals surface area contributed by atoms with Crippen molar-refractivity contribution < 1.29 is 9.72 Å². The lowest BCUT2D eigenvalue weighted by molar-refractivity contribution is -0.385. The average molecular weight is 339 g/mol. The molecule has 2 saturated carbocycles. The molecule has 0 aromatic carbocycles. The van der Waals surface area contributed by atoms with Gasteiger partial charge in [-0.05, 0) is 32.1 Å². The predicted molar refractivity (Wildman–Crippen MR) is 86.4 cm³/mol. The third kappa shape index (κ3) is 4.10. The summed E-state index contributed by atoms with van der Waals surface area (Å²) in [7, 11) is 0. The number of anilines is 1. The summed E-state index contributed by atoms with van der Waals surface area (Å²) in [5.74, 6) is 0.589. The van der Waals surface area contributed by atoms with E-state index in [1.54, 1.807) is 0 Å². The van der Waals surface area contributed by atoms with Crippen molar-refractivity contribution in [2.45, 2.75) is 50.6 Å². The summed E-state index contributed by atoms with van der Waals surface area (Å²) in [6.07, 6.45) is 6.89. The minimum atomic E-state index is -0.526. The molecule has 0 aliphatic heterocycles. The Balaban J connectivity index is 1.60. The normalized spacial score (nSPS) is 24.0.